The molecule has 1 aromatic carbocycles. The molecule has 1 amide bonds. The third kappa shape index (κ3) is 6.60. The van der Waals surface area contributed by atoms with Crippen LogP contribution in [0.1, 0.15) is 26.7 Å². The number of benzene rings is 1. The van der Waals surface area contributed by atoms with Crippen molar-refractivity contribution >= 4 is 44.6 Å². The Morgan fingerprint density at radius 2 is 1.76 bits per heavy atom. The molecule has 0 bridgehead atoms. The van der Waals surface area contributed by atoms with Crippen molar-refractivity contribution in [1.82, 2.24) is 4.31 Å². The maximum absolute atomic E-state index is 12.5. The summed E-state index contributed by atoms with van der Waals surface area (Å²) in [6.07, 6.45) is 1.70. The molecule has 0 saturated heterocycles. The minimum atomic E-state index is -3.78. The number of anilines is 1. The lowest BCUT2D eigenvalue weighted by Crippen LogP contribution is -2.34. The molecule has 0 spiro atoms. The Morgan fingerprint density at radius 1 is 1.10 bits per heavy atom. The topological polar surface area (TPSA) is 84.9 Å². The summed E-state index contributed by atoms with van der Waals surface area (Å²) in [7, 11) is -2.43. The maximum atomic E-state index is 12.5. The van der Waals surface area contributed by atoms with Gasteiger partial charge in [-0.15, -0.1) is 11.3 Å². The van der Waals surface area contributed by atoms with Crippen LogP contribution in [0.4, 0.5) is 5.69 Å². The van der Waals surface area contributed by atoms with E-state index in [1.165, 1.54) is 19.2 Å². The number of thiophene rings is 1. The normalized spacial score (nSPS) is 11.5. The molecule has 160 valence electrons. The first-order valence-corrected chi connectivity index (χ1v) is 11.8. The number of amides is 1. The first-order chi connectivity index (χ1) is 13.8. The summed E-state index contributed by atoms with van der Waals surface area (Å²) in [5.74, 6) is 0.669. The molecule has 29 heavy (non-hydrogen) atoms. The third-order valence-electron chi connectivity index (χ3n) is 3.73. The van der Waals surface area contributed by atoms with Gasteiger partial charge in [-0.1, -0.05) is 25.4 Å². The van der Waals surface area contributed by atoms with Crippen LogP contribution in [0.3, 0.4) is 0 Å². The Kier molecular flexibility index (Phi) is 8.76. The summed E-state index contributed by atoms with van der Waals surface area (Å²) in [5.41, 5.74) is 0.495. The van der Waals surface area contributed by atoms with Crippen LogP contribution < -0.4 is 14.8 Å². The molecule has 1 N–H and O–H groups in total. The lowest BCUT2D eigenvalue weighted by atomic mass is 10.2. The summed E-state index contributed by atoms with van der Waals surface area (Å²) in [6.45, 7) is 4.75. The van der Waals surface area contributed by atoms with Crippen molar-refractivity contribution in [3.8, 4) is 11.5 Å². The second kappa shape index (κ2) is 10.8. The molecule has 7 nitrogen and oxygen atoms in total. The predicted molar refractivity (Wildman–Crippen MR) is 116 cm³/mol. The molecule has 0 atom stereocenters. The predicted octanol–water partition coefficient (Wildman–Crippen LogP) is 4.24. The van der Waals surface area contributed by atoms with E-state index >= 15 is 0 Å². The highest BCUT2D eigenvalue weighted by Gasteiger charge is 2.24. The van der Waals surface area contributed by atoms with Gasteiger partial charge in [0.25, 0.3) is 10.0 Å². The van der Waals surface area contributed by atoms with Gasteiger partial charge in [0.1, 0.15) is 4.21 Å². The number of likely N-dealkylation sites (N-methyl/N-ethyl adjacent to an activating group) is 1. The van der Waals surface area contributed by atoms with Gasteiger partial charge in [-0.25, -0.2) is 8.42 Å². The van der Waals surface area contributed by atoms with Crippen molar-refractivity contribution < 1.29 is 22.7 Å². The Hall–Kier alpha value is -1.81. The molecule has 0 unspecified atom stereocenters. The number of carbonyl (C=O) groups is 1. The standard InChI is InChI=1S/C19H25ClN2O5S2/c1-4-10-26-15-7-6-14(12-16(15)27-11-5-2)21-18(23)13-22(3)29(24,25)19-9-8-17(20)28-19/h6-9,12H,4-5,10-11,13H2,1-3H3,(H,21,23). The number of hydrogen-bond donors (Lipinski definition) is 1. The zero-order chi connectivity index (χ0) is 21.4. The van der Waals surface area contributed by atoms with Crippen LogP contribution in [0, 0.1) is 0 Å². The highest BCUT2D eigenvalue weighted by molar-refractivity contribution is 7.91. The van der Waals surface area contributed by atoms with E-state index in [1.807, 2.05) is 13.8 Å². The second-order valence-corrected chi connectivity index (χ2v) is 10.2. The molecule has 0 fully saturated rings. The minimum Gasteiger partial charge on any atom is -0.490 e. The second-order valence-electron chi connectivity index (χ2n) is 6.23. The van der Waals surface area contributed by atoms with Gasteiger partial charge in [-0.3, -0.25) is 4.79 Å². The van der Waals surface area contributed by atoms with Gasteiger partial charge in [0.05, 0.1) is 24.1 Å². The molecule has 1 heterocycles. The SMILES string of the molecule is CCCOc1ccc(NC(=O)CN(C)S(=O)(=O)c2ccc(Cl)s2)cc1OCCC. The molecule has 2 rings (SSSR count). The number of sulfonamides is 1. The number of ether oxygens (including phenoxy) is 2. The van der Waals surface area contributed by atoms with Gasteiger partial charge in [0.2, 0.25) is 5.91 Å². The van der Waals surface area contributed by atoms with Crippen molar-refractivity contribution in [2.75, 3.05) is 32.1 Å². The van der Waals surface area contributed by atoms with E-state index in [0.29, 0.717) is 34.7 Å². The van der Waals surface area contributed by atoms with Gasteiger partial charge in [0, 0.05) is 18.8 Å². The molecule has 1 aromatic heterocycles. The van der Waals surface area contributed by atoms with Crippen LogP contribution in [0.25, 0.3) is 0 Å². The lowest BCUT2D eigenvalue weighted by Gasteiger charge is -2.17. The Balaban J connectivity index is 2.07. The van der Waals surface area contributed by atoms with Crippen LogP contribution in [0.5, 0.6) is 11.5 Å². The fourth-order valence-corrected chi connectivity index (χ4v) is 5.14. The Morgan fingerprint density at radius 3 is 2.34 bits per heavy atom. The summed E-state index contributed by atoms with van der Waals surface area (Å²) in [6, 6.07) is 8.02. The smallest absolute Gasteiger partial charge is 0.252 e. The Labute approximate surface area is 180 Å². The van der Waals surface area contributed by atoms with E-state index in [2.05, 4.69) is 5.32 Å². The van der Waals surface area contributed by atoms with Gasteiger partial charge < -0.3 is 14.8 Å². The van der Waals surface area contributed by atoms with Gasteiger partial charge >= 0.3 is 0 Å². The number of hydrogen-bond acceptors (Lipinski definition) is 6. The van der Waals surface area contributed by atoms with Crippen molar-refractivity contribution in [1.29, 1.82) is 0 Å². The molecule has 0 aliphatic carbocycles. The monoisotopic (exact) mass is 460 g/mol. The molecule has 0 radical (unpaired) electrons. The molecule has 0 saturated carbocycles. The van der Waals surface area contributed by atoms with E-state index < -0.39 is 15.9 Å². The summed E-state index contributed by atoms with van der Waals surface area (Å²) < 4.78 is 37.8. The van der Waals surface area contributed by atoms with Crippen molar-refractivity contribution in [3.63, 3.8) is 0 Å². The molecule has 0 aliphatic rings. The highest BCUT2D eigenvalue weighted by Crippen LogP contribution is 2.31. The Bertz CT molecular complexity index is 930. The molecule has 2 aromatic rings. The molecule has 0 aliphatic heterocycles. The average molecular weight is 461 g/mol. The van der Waals surface area contributed by atoms with Crippen LogP contribution in [0.2, 0.25) is 4.34 Å². The van der Waals surface area contributed by atoms with Crippen LogP contribution in [0.15, 0.2) is 34.5 Å². The fourth-order valence-electron chi connectivity index (χ4n) is 2.32. The number of rotatable bonds is 11. The van der Waals surface area contributed by atoms with Gasteiger partial charge in [-0.05, 0) is 37.1 Å². The third-order valence-corrected chi connectivity index (χ3v) is 7.23. The first-order valence-electron chi connectivity index (χ1n) is 9.19. The van der Waals surface area contributed by atoms with E-state index in [4.69, 9.17) is 21.1 Å². The maximum Gasteiger partial charge on any atom is 0.252 e. The average Bonchev–Trinajstić information content (AvgIpc) is 3.12. The van der Waals surface area contributed by atoms with Gasteiger partial charge in [-0.2, -0.15) is 4.31 Å². The highest BCUT2D eigenvalue weighted by atomic mass is 35.5. The van der Waals surface area contributed by atoms with Crippen molar-refractivity contribution in [3.05, 3.63) is 34.7 Å². The number of nitrogens with zero attached hydrogens (tertiary/aromatic N) is 1. The molecular weight excluding hydrogens is 436 g/mol. The van der Waals surface area contributed by atoms with E-state index in [-0.39, 0.29) is 10.8 Å². The van der Waals surface area contributed by atoms with Crippen LogP contribution in [-0.4, -0.2) is 45.4 Å². The number of halogens is 1. The minimum absolute atomic E-state index is 0.0884. The zero-order valence-corrected chi connectivity index (χ0v) is 19.0. The summed E-state index contributed by atoms with van der Waals surface area (Å²) in [4.78, 5) is 12.4. The van der Waals surface area contributed by atoms with E-state index in [1.54, 1.807) is 18.2 Å². The lowest BCUT2D eigenvalue weighted by molar-refractivity contribution is -0.116. The van der Waals surface area contributed by atoms with E-state index in [9.17, 15) is 13.2 Å². The summed E-state index contributed by atoms with van der Waals surface area (Å²) >= 11 is 6.76. The van der Waals surface area contributed by atoms with Crippen molar-refractivity contribution in [2.45, 2.75) is 30.9 Å². The van der Waals surface area contributed by atoms with Crippen LogP contribution in [-0.2, 0) is 14.8 Å². The quantitative estimate of drug-likeness (QED) is 0.542. The fraction of sp³-hybridized carbons (Fsp3) is 0.421. The van der Waals surface area contributed by atoms with Gasteiger partial charge in [0.15, 0.2) is 11.5 Å². The molecule has 10 heteroatoms. The van der Waals surface area contributed by atoms with Crippen LogP contribution >= 0.6 is 22.9 Å². The molecular formula is C19H25ClN2O5S2. The summed E-state index contributed by atoms with van der Waals surface area (Å²) in [5, 5.41) is 2.70. The van der Waals surface area contributed by atoms with Crippen molar-refractivity contribution in [2.24, 2.45) is 0 Å². The first kappa shape index (κ1) is 23.5. The number of nitrogens with one attached hydrogen (secondary N) is 1. The van der Waals surface area contributed by atoms with E-state index in [0.717, 1.165) is 28.5 Å². The zero-order valence-electron chi connectivity index (χ0n) is 16.6. The number of carbonyl (C=O) groups excluding carboxylic acids is 1. The largest absolute Gasteiger partial charge is 0.490 e.